The lowest BCUT2D eigenvalue weighted by Crippen LogP contribution is -2.30. The third-order valence-electron chi connectivity index (χ3n) is 6.78. The van der Waals surface area contributed by atoms with Crippen molar-refractivity contribution < 1.29 is 28.9 Å². The Morgan fingerprint density at radius 2 is 1.81 bits per heavy atom. The summed E-state index contributed by atoms with van der Waals surface area (Å²) in [5.41, 5.74) is 3.16. The fraction of sp³-hybridized carbons (Fsp3) is 0.241. The predicted octanol–water partition coefficient (Wildman–Crippen LogP) is 5.62. The smallest absolute Gasteiger partial charge is 0.300 e. The molecule has 1 unspecified atom stereocenters. The van der Waals surface area contributed by atoms with Crippen molar-refractivity contribution in [1.29, 1.82) is 0 Å². The van der Waals surface area contributed by atoms with Gasteiger partial charge < -0.3 is 19.3 Å². The number of Topliss-reactive ketones (excluding diaryl/α,β-unsaturated/α-hetero) is 1. The first-order valence-electron chi connectivity index (χ1n) is 11.9. The van der Waals surface area contributed by atoms with Gasteiger partial charge in [0.1, 0.15) is 11.5 Å². The number of hydrogen-bond acceptors (Lipinski definition) is 6. The van der Waals surface area contributed by atoms with Crippen LogP contribution in [-0.4, -0.2) is 37.6 Å². The number of amides is 1. The number of hydrogen-bond donors (Lipinski definition) is 1. The lowest BCUT2D eigenvalue weighted by Gasteiger charge is -2.27. The molecule has 190 valence electrons. The molecule has 0 saturated carbocycles. The Morgan fingerprint density at radius 3 is 2.57 bits per heavy atom. The van der Waals surface area contributed by atoms with Gasteiger partial charge in [0.25, 0.3) is 11.7 Å². The van der Waals surface area contributed by atoms with Crippen molar-refractivity contribution >= 4 is 34.7 Å². The Balaban J connectivity index is 1.74. The molecule has 1 saturated heterocycles. The van der Waals surface area contributed by atoms with Crippen LogP contribution in [-0.2, 0) is 16.0 Å². The Bertz CT molecular complexity index is 1450. The maximum Gasteiger partial charge on any atom is 0.300 e. The van der Waals surface area contributed by atoms with Gasteiger partial charge in [0.05, 0.1) is 32.4 Å². The number of benzene rings is 3. The van der Waals surface area contributed by atoms with Crippen molar-refractivity contribution in [3.63, 3.8) is 0 Å². The minimum Gasteiger partial charge on any atom is -0.507 e. The van der Waals surface area contributed by atoms with E-state index in [1.165, 1.54) is 19.1 Å². The first kappa shape index (κ1) is 24.7. The normalized spacial score (nSPS) is 18.4. The maximum atomic E-state index is 13.5. The van der Waals surface area contributed by atoms with Gasteiger partial charge in [-0.2, -0.15) is 0 Å². The standard InChI is InChI=1S/C29H26ClNO6/c1-16-6-9-20(30)15-21(16)31-26(18-7-11-23(35-2)24(14-18)36-3)25(28(33)29(31)34)27(32)19-8-10-22-17(13-19)5-4-12-37-22/h6-11,13-15,26,32H,4-5,12H2,1-3H3/b27-25+. The first-order chi connectivity index (χ1) is 17.8. The van der Waals surface area contributed by atoms with Crippen molar-refractivity contribution in [2.75, 3.05) is 25.7 Å². The van der Waals surface area contributed by atoms with Crippen molar-refractivity contribution in [2.45, 2.75) is 25.8 Å². The van der Waals surface area contributed by atoms with Gasteiger partial charge in [0, 0.05) is 16.3 Å². The number of aryl methyl sites for hydroxylation is 2. The molecule has 0 aliphatic carbocycles. The van der Waals surface area contributed by atoms with Crippen LogP contribution in [0.3, 0.4) is 0 Å². The number of carbonyl (C=O) groups is 2. The zero-order chi connectivity index (χ0) is 26.3. The molecule has 5 rings (SSSR count). The van der Waals surface area contributed by atoms with E-state index in [4.69, 9.17) is 25.8 Å². The summed E-state index contributed by atoms with van der Waals surface area (Å²) in [7, 11) is 3.04. The average Bonchev–Trinajstić information content (AvgIpc) is 3.18. The summed E-state index contributed by atoms with van der Waals surface area (Å²) < 4.78 is 16.6. The summed E-state index contributed by atoms with van der Waals surface area (Å²) in [6.07, 6.45) is 1.66. The van der Waals surface area contributed by atoms with E-state index in [0.717, 1.165) is 29.7 Å². The van der Waals surface area contributed by atoms with Crippen molar-refractivity contribution in [3.8, 4) is 17.2 Å². The van der Waals surface area contributed by atoms with E-state index in [-0.39, 0.29) is 11.3 Å². The average molecular weight is 520 g/mol. The topological polar surface area (TPSA) is 85.3 Å². The van der Waals surface area contributed by atoms with E-state index < -0.39 is 17.7 Å². The number of anilines is 1. The highest BCUT2D eigenvalue weighted by Gasteiger charge is 2.47. The van der Waals surface area contributed by atoms with E-state index in [9.17, 15) is 14.7 Å². The van der Waals surface area contributed by atoms with Crippen LogP contribution in [0.25, 0.3) is 5.76 Å². The molecule has 0 spiro atoms. The van der Waals surface area contributed by atoms with Crippen LogP contribution in [0.5, 0.6) is 17.2 Å². The quantitative estimate of drug-likeness (QED) is 0.268. The number of ketones is 1. The second-order valence-electron chi connectivity index (χ2n) is 8.99. The fourth-order valence-electron chi connectivity index (χ4n) is 4.92. The molecule has 8 heteroatoms. The number of aliphatic hydroxyl groups is 1. The molecule has 0 bridgehead atoms. The summed E-state index contributed by atoms with van der Waals surface area (Å²) in [6.45, 7) is 2.47. The van der Waals surface area contributed by atoms with Crippen LogP contribution >= 0.6 is 11.6 Å². The number of rotatable bonds is 5. The van der Waals surface area contributed by atoms with E-state index in [1.54, 1.807) is 48.5 Å². The summed E-state index contributed by atoms with van der Waals surface area (Å²) in [5, 5.41) is 11.9. The number of halogens is 1. The molecule has 1 atom stereocenters. The highest BCUT2D eigenvalue weighted by atomic mass is 35.5. The molecule has 2 heterocycles. The zero-order valence-electron chi connectivity index (χ0n) is 20.7. The Labute approximate surface area is 219 Å². The maximum absolute atomic E-state index is 13.5. The predicted molar refractivity (Wildman–Crippen MR) is 141 cm³/mol. The number of carbonyl (C=O) groups excluding carboxylic acids is 2. The van der Waals surface area contributed by atoms with Crippen LogP contribution in [0.1, 0.15) is 34.7 Å². The lowest BCUT2D eigenvalue weighted by atomic mass is 9.93. The molecule has 2 aliphatic heterocycles. The summed E-state index contributed by atoms with van der Waals surface area (Å²) in [6, 6.07) is 14.7. The third kappa shape index (κ3) is 4.29. The molecule has 3 aromatic carbocycles. The van der Waals surface area contributed by atoms with Crippen molar-refractivity contribution in [3.05, 3.63) is 87.4 Å². The molecule has 1 N–H and O–H groups in total. The number of aliphatic hydroxyl groups excluding tert-OH is 1. The number of methoxy groups -OCH3 is 2. The van der Waals surface area contributed by atoms with E-state index in [1.807, 2.05) is 13.0 Å². The molecule has 0 aromatic heterocycles. The molecular formula is C29H26ClNO6. The summed E-state index contributed by atoms with van der Waals surface area (Å²) >= 11 is 6.29. The molecule has 0 radical (unpaired) electrons. The SMILES string of the molecule is COc1ccc(C2/C(=C(\O)c3ccc4c(c3)CCCO4)C(=O)C(=O)N2c2cc(Cl)ccc2C)cc1OC. The van der Waals surface area contributed by atoms with Gasteiger partial charge in [0.2, 0.25) is 0 Å². The number of nitrogens with zero attached hydrogens (tertiary/aromatic N) is 1. The Hall–Kier alpha value is -3.97. The molecule has 2 aliphatic rings. The van der Waals surface area contributed by atoms with E-state index >= 15 is 0 Å². The highest BCUT2D eigenvalue weighted by Crippen LogP contribution is 2.45. The second kappa shape index (κ2) is 9.82. The minimum absolute atomic E-state index is 0.0201. The molecule has 37 heavy (non-hydrogen) atoms. The minimum atomic E-state index is -0.927. The van der Waals surface area contributed by atoms with Gasteiger partial charge >= 0.3 is 0 Å². The molecule has 7 nitrogen and oxygen atoms in total. The van der Waals surface area contributed by atoms with Crippen LogP contribution in [0, 0.1) is 6.92 Å². The van der Waals surface area contributed by atoms with Gasteiger partial charge in [-0.3, -0.25) is 14.5 Å². The zero-order valence-corrected chi connectivity index (χ0v) is 21.5. The molecule has 1 amide bonds. The van der Waals surface area contributed by atoms with Gasteiger partial charge in [-0.25, -0.2) is 0 Å². The largest absolute Gasteiger partial charge is 0.507 e. The van der Waals surface area contributed by atoms with Crippen LogP contribution in [0.2, 0.25) is 5.02 Å². The monoisotopic (exact) mass is 519 g/mol. The second-order valence-corrected chi connectivity index (χ2v) is 9.43. The fourth-order valence-corrected chi connectivity index (χ4v) is 5.09. The lowest BCUT2D eigenvalue weighted by molar-refractivity contribution is -0.132. The number of fused-ring (bicyclic) bond motifs is 1. The Morgan fingerprint density at radius 1 is 1.03 bits per heavy atom. The molecule has 3 aromatic rings. The first-order valence-corrected chi connectivity index (χ1v) is 12.3. The van der Waals surface area contributed by atoms with Crippen molar-refractivity contribution in [1.82, 2.24) is 0 Å². The van der Waals surface area contributed by atoms with E-state index in [0.29, 0.717) is 39.9 Å². The Kier molecular flexibility index (Phi) is 6.56. The molecular weight excluding hydrogens is 494 g/mol. The van der Waals surface area contributed by atoms with Crippen LogP contribution < -0.4 is 19.1 Å². The van der Waals surface area contributed by atoms with Crippen LogP contribution in [0.15, 0.2) is 60.2 Å². The van der Waals surface area contributed by atoms with E-state index in [2.05, 4.69) is 0 Å². The van der Waals surface area contributed by atoms with Gasteiger partial charge in [-0.15, -0.1) is 0 Å². The van der Waals surface area contributed by atoms with Gasteiger partial charge in [-0.05, 0) is 78.9 Å². The molecule has 1 fully saturated rings. The third-order valence-corrected chi connectivity index (χ3v) is 7.02. The van der Waals surface area contributed by atoms with Crippen molar-refractivity contribution in [2.24, 2.45) is 0 Å². The highest BCUT2D eigenvalue weighted by molar-refractivity contribution is 6.52. The van der Waals surface area contributed by atoms with Crippen LogP contribution in [0.4, 0.5) is 5.69 Å². The number of ether oxygens (including phenoxy) is 3. The van der Waals surface area contributed by atoms with Gasteiger partial charge in [-0.1, -0.05) is 23.7 Å². The van der Waals surface area contributed by atoms with Gasteiger partial charge in [0.15, 0.2) is 11.5 Å². The summed E-state index contributed by atoms with van der Waals surface area (Å²) in [5.74, 6) is -0.113. The summed E-state index contributed by atoms with van der Waals surface area (Å²) in [4.78, 5) is 28.4.